The summed E-state index contributed by atoms with van der Waals surface area (Å²) >= 11 is 0. The van der Waals surface area contributed by atoms with Crippen molar-refractivity contribution in [2.45, 2.75) is 6.92 Å². The van der Waals surface area contributed by atoms with Gasteiger partial charge in [0.25, 0.3) is 11.8 Å². The zero-order valence-electron chi connectivity index (χ0n) is 10.6. The number of amides is 4. The topological polar surface area (TPSA) is 105 Å². The maximum Gasteiger partial charge on any atom is 0.328 e. The van der Waals surface area contributed by atoms with Crippen molar-refractivity contribution in [2.24, 2.45) is 0 Å². The monoisotopic (exact) mass is 276 g/mol. The summed E-state index contributed by atoms with van der Waals surface area (Å²) < 4.78 is 5.20. The minimum absolute atomic E-state index is 0.181. The summed E-state index contributed by atoms with van der Waals surface area (Å²) in [6.45, 7) is 2.13. The summed E-state index contributed by atoms with van der Waals surface area (Å²) in [5.41, 5.74) is -0.0286. The molecule has 1 aromatic rings. The molecule has 0 spiro atoms. The first-order valence-corrected chi connectivity index (χ1v) is 5.86. The molecular weight excluding hydrogens is 264 g/mol. The molecule has 0 radical (unpaired) electrons. The van der Waals surface area contributed by atoms with E-state index in [4.69, 9.17) is 4.74 Å². The van der Waals surface area contributed by atoms with Gasteiger partial charge in [-0.15, -0.1) is 0 Å². The number of ether oxygens (including phenoxy) is 1. The van der Waals surface area contributed by atoms with E-state index >= 15 is 0 Å². The SMILES string of the molecule is CCOc1cccc(C=C2C(=O)NC(=O)NC2=O)c1O. The Morgan fingerprint density at radius 3 is 2.45 bits per heavy atom. The molecule has 1 heterocycles. The molecule has 20 heavy (non-hydrogen) atoms. The van der Waals surface area contributed by atoms with Gasteiger partial charge in [0.2, 0.25) is 0 Å². The fraction of sp³-hybridized carbons (Fsp3) is 0.154. The van der Waals surface area contributed by atoms with Gasteiger partial charge in [0, 0.05) is 5.56 Å². The number of urea groups is 1. The third-order valence-electron chi connectivity index (χ3n) is 2.57. The molecule has 0 aromatic heterocycles. The van der Waals surface area contributed by atoms with Gasteiger partial charge in [-0.25, -0.2) is 4.79 Å². The van der Waals surface area contributed by atoms with Crippen LogP contribution in [0.5, 0.6) is 11.5 Å². The highest BCUT2D eigenvalue weighted by Gasteiger charge is 2.28. The Labute approximate surface area is 114 Å². The van der Waals surface area contributed by atoms with Crippen LogP contribution in [0.4, 0.5) is 4.79 Å². The molecule has 4 amide bonds. The van der Waals surface area contributed by atoms with Crippen LogP contribution in [0.3, 0.4) is 0 Å². The second-order valence-corrected chi connectivity index (χ2v) is 3.92. The molecule has 0 bridgehead atoms. The predicted octanol–water partition coefficient (Wildman–Crippen LogP) is 0.540. The number of para-hydroxylation sites is 1. The standard InChI is InChI=1S/C13H12N2O5/c1-2-20-9-5-3-4-7(10(9)16)6-8-11(17)14-13(19)15-12(8)18/h3-6,16H,2H2,1H3,(H2,14,15,17,18,19). The van der Waals surface area contributed by atoms with Crippen LogP contribution in [-0.4, -0.2) is 29.6 Å². The third kappa shape index (κ3) is 2.61. The quantitative estimate of drug-likeness (QED) is 0.552. The van der Waals surface area contributed by atoms with E-state index in [-0.39, 0.29) is 22.6 Å². The van der Waals surface area contributed by atoms with E-state index in [1.807, 2.05) is 10.6 Å². The van der Waals surface area contributed by atoms with Crippen molar-refractivity contribution >= 4 is 23.9 Å². The minimum atomic E-state index is -0.871. The van der Waals surface area contributed by atoms with Crippen LogP contribution in [0.25, 0.3) is 6.08 Å². The molecule has 3 N–H and O–H groups in total. The number of carbonyl (C=O) groups is 3. The number of aromatic hydroxyl groups is 1. The lowest BCUT2D eigenvalue weighted by Gasteiger charge is -2.14. The summed E-state index contributed by atoms with van der Waals surface area (Å²) in [4.78, 5) is 34.1. The first-order chi connectivity index (χ1) is 9.52. The number of phenols is 1. The second-order valence-electron chi connectivity index (χ2n) is 3.92. The Kier molecular flexibility index (Phi) is 3.69. The van der Waals surface area contributed by atoms with Gasteiger partial charge in [-0.2, -0.15) is 0 Å². The average Bonchev–Trinajstić information content (AvgIpc) is 2.38. The normalized spacial score (nSPS) is 14.7. The molecule has 0 atom stereocenters. The molecule has 1 saturated heterocycles. The molecule has 1 aliphatic heterocycles. The van der Waals surface area contributed by atoms with E-state index in [9.17, 15) is 19.5 Å². The van der Waals surface area contributed by atoms with E-state index in [0.29, 0.717) is 6.61 Å². The average molecular weight is 276 g/mol. The predicted molar refractivity (Wildman–Crippen MR) is 68.9 cm³/mol. The summed E-state index contributed by atoms with van der Waals surface area (Å²) in [7, 11) is 0. The second kappa shape index (κ2) is 5.43. The molecule has 2 rings (SSSR count). The highest BCUT2D eigenvalue weighted by atomic mass is 16.5. The Hall–Kier alpha value is -2.83. The zero-order valence-corrected chi connectivity index (χ0v) is 10.6. The molecule has 1 aromatic carbocycles. The van der Waals surface area contributed by atoms with Crippen LogP contribution in [0, 0.1) is 0 Å². The van der Waals surface area contributed by atoms with E-state index < -0.39 is 17.8 Å². The molecule has 0 aliphatic carbocycles. The molecule has 7 heteroatoms. The number of benzene rings is 1. The van der Waals surface area contributed by atoms with Gasteiger partial charge in [-0.1, -0.05) is 12.1 Å². The van der Waals surface area contributed by atoms with Gasteiger partial charge >= 0.3 is 6.03 Å². The van der Waals surface area contributed by atoms with Gasteiger partial charge in [0.1, 0.15) is 5.57 Å². The fourth-order valence-electron chi connectivity index (χ4n) is 1.69. The van der Waals surface area contributed by atoms with Crippen molar-refractivity contribution in [1.82, 2.24) is 10.6 Å². The number of imide groups is 2. The highest BCUT2D eigenvalue weighted by molar-refractivity contribution is 6.31. The summed E-state index contributed by atoms with van der Waals surface area (Å²) in [6, 6.07) is 3.82. The van der Waals surface area contributed by atoms with Gasteiger partial charge in [-0.3, -0.25) is 20.2 Å². The highest BCUT2D eigenvalue weighted by Crippen LogP contribution is 2.31. The van der Waals surface area contributed by atoms with Gasteiger partial charge < -0.3 is 9.84 Å². The molecule has 0 unspecified atom stereocenters. The number of hydrogen-bond donors (Lipinski definition) is 3. The molecular formula is C13H12N2O5. The van der Waals surface area contributed by atoms with Crippen molar-refractivity contribution in [3.05, 3.63) is 29.3 Å². The van der Waals surface area contributed by atoms with Crippen LogP contribution in [-0.2, 0) is 9.59 Å². The zero-order chi connectivity index (χ0) is 14.7. The van der Waals surface area contributed by atoms with E-state index in [2.05, 4.69) is 0 Å². The van der Waals surface area contributed by atoms with Crippen LogP contribution >= 0.6 is 0 Å². The molecule has 0 saturated carbocycles. The smallest absolute Gasteiger partial charge is 0.328 e. The Morgan fingerprint density at radius 1 is 1.20 bits per heavy atom. The maximum absolute atomic E-state index is 11.6. The number of phenolic OH excluding ortho intramolecular Hbond substituents is 1. The van der Waals surface area contributed by atoms with Gasteiger partial charge in [-0.05, 0) is 19.1 Å². The van der Waals surface area contributed by atoms with Gasteiger partial charge in [0.15, 0.2) is 11.5 Å². The van der Waals surface area contributed by atoms with Crippen molar-refractivity contribution in [3.8, 4) is 11.5 Å². The van der Waals surface area contributed by atoms with Crippen LogP contribution in [0.15, 0.2) is 23.8 Å². The molecule has 1 fully saturated rings. The number of barbiturate groups is 1. The Morgan fingerprint density at radius 2 is 1.85 bits per heavy atom. The van der Waals surface area contributed by atoms with Crippen LogP contribution < -0.4 is 15.4 Å². The molecule has 7 nitrogen and oxygen atoms in total. The van der Waals surface area contributed by atoms with Crippen molar-refractivity contribution in [3.63, 3.8) is 0 Å². The third-order valence-corrected chi connectivity index (χ3v) is 2.57. The molecule has 104 valence electrons. The lowest BCUT2D eigenvalue weighted by Crippen LogP contribution is -2.51. The first kappa shape index (κ1) is 13.6. The summed E-state index contributed by atoms with van der Waals surface area (Å²) in [6.07, 6.45) is 1.19. The fourth-order valence-corrected chi connectivity index (χ4v) is 1.69. The van der Waals surface area contributed by atoms with E-state index in [0.717, 1.165) is 0 Å². The van der Waals surface area contributed by atoms with Crippen molar-refractivity contribution < 1.29 is 24.2 Å². The molecule has 1 aliphatic rings. The maximum atomic E-state index is 11.6. The Balaban J connectivity index is 2.40. The Bertz CT molecular complexity index is 599. The lowest BCUT2D eigenvalue weighted by molar-refractivity contribution is -0.123. The van der Waals surface area contributed by atoms with Crippen LogP contribution in [0.2, 0.25) is 0 Å². The van der Waals surface area contributed by atoms with Gasteiger partial charge in [0.05, 0.1) is 6.61 Å². The largest absolute Gasteiger partial charge is 0.504 e. The number of nitrogens with one attached hydrogen (secondary N) is 2. The minimum Gasteiger partial charge on any atom is -0.504 e. The van der Waals surface area contributed by atoms with Crippen molar-refractivity contribution in [1.29, 1.82) is 0 Å². The summed E-state index contributed by atoms with van der Waals surface area (Å²) in [5.74, 6) is -1.58. The van der Waals surface area contributed by atoms with E-state index in [1.54, 1.807) is 19.1 Å². The number of carbonyl (C=O) groups excluding carboxylic acids is 3. The first-order valence-electron chi connectivity index (χ1n) is 5.86. The van der Waals surface area contributed by atoms with Crippen LogP contribution in [0.1, 0.15) is 12.5 Å². The number of hydrogen-bond acceptors (Lipinski definition) is 5. The summed E-state index contributed by atoms with van der Waals surface area (Å²) in [5, 5.41) is 13.9. The van der Waals surface area contributed by atoms with Crippen molar-refractivity contribution in [2.75, 3.05) is 6.61 Å². The lowest BCUT2D eigenvalue weighted by atomic mass is 10.1. The van der Waals surface area contributed by atoms with E-state index in [1.165, 1.54) is 12.1 Å². The number of rotatable bonds is 3.